The number of anilines is 5. The minimum atomic E-state index is -2.43. The summed E-state index contributed by atoms with van der Waals surface area (Å²) in [5.74, 6) is 0. The molecule has 0 amide bonds. The molecule has 0 radical (unpaired) electrons. The molecule has 6 atom stereocenters. The van der Waals surface area contributed by atoms with E-state index >= 15 is 0 Å². The number of fused-ring (bicyclic) bond motifs is 15. The molecule has 566 valence electrons. The van der Waals surface area contributed by atoms with Crippen molar-refractivity contribution in [2.45, 2.75) is 148 Å². The zero-order valence-corrected chi connectivity index (χ0v) is 66.3. The number of pyridine rings is 3. The maximum absolute atomic E-state index is 8.42. The van der Waals surface area contributed by atoms with Gasteiger partial charge in [0.05, 0.1) is 35.5 Å². The number of nitrogens with zero attached hydrogens (tertiary/aromatic N) is 13. The van der Waals surface area contributed by atoms with E-state index in [-0.39, 0.29) is 24.7 Å². The highest BCUT2D eigenvalue weighted by Gasteiger charge is 2.33. The number of furan rings is 5. The molecule has 0 N–H and O–H groups in total. The largest absolute Gasteiger partial charge is 0.454 e. The van der Waals surface area contributed by atoms with Gasteiger partial charge in [-0.05, 0) is 180 Å². The lowest BCUT2D eigenvalue weighted by Crippen LogP contribution is -2.39. The summed E-state index contributed by atoms with van der Waals surface area (Å²) >= 11 is 0. The third-order valence-corrected chi connectivity index (χ3v) is 22.7. The van der Waals surface area contributed by atoms with Crippen molar-refractivity contribution >= 4 is 138 Å². The summed E-state index contributed by atoms with van der Waals surface area (Å²) < 4.78 is 85.6. The van der Waals surface area contributed by atoms with Gasteiger partial charge in [-0.3, -0.25) is 4.98 Å². The van der Waals surface area contributed by atoms with Gasteiger partial charge in [0.2, 0.25) is 11.4 Å². The fourth-order valence-electron chi connectivity index (χ4n) is 16.0. The topological polar surface area (TPSA) is 137 Å². The molecule has 7 aromatic carbocycles. The van der Waals surface area contributed by atoms with Crippen LogP contribution in [-0.2, 0) is 0 Å². The van der Waals surface area contributed by atoms with Crippen LogP contribution in [0.25, 0.3) is 110 Å². The third-order valence-electron chi connectivity index (χ3n) is 22.7. The SMILES string of the molecule is Cc1ccc2c(n1)oc1c(N3C=CN(C)[C@@H]3C)c(C)ccc12.Cc1ccc2c(oc3c(C)cccc32)c1N1C=CN(C)[C@@H]1C.Cc1ccc2c(oc3c(C)nccc32)c1N1C=CN(C)[C@@H]1C.[2H]C([2H])([2H])C([2H])(C)N1C=CN(c2c(C)ccc3c2oc2ccccc23)[C@H]1C.[2H]C([2H])([2H])N1C=CN(c2c(C)ccc3c2oc2nc(C)ccc23)[C@H]1C. The summed E-state index contributed by atoms with van der Waals surface area (Å²) in [7, 11) is 6.27. The predicted molar refractivity (Wildman–Crippen MR) is 458 cm³/mol. The van der Waals surface area contributed by atoms with Crippen molar-refractivity contribution in [2.24, 2.45) is 0 Å². The minimum Gasteiger partial charge on any atom is -0.454 e. The van der Waals surface area contributed by atoms with Crippen molar-refractivity contribution < 1.29 is 31.7 Å². The summed E-state index contributed by atoms with van der Waals surface area (Å²) in [5, 5.41) is 10.9. The molecule has 0 bridgehead atoms. The Labute approximate surface area is 658 Å². The minimum absolute atomic E-state index is 0.271. The number of aryl methyl sites for hydroxylation is 9. The fraction of sp³-hybridized carbons (Fsp3) is 0.280. The average Bonchev–Trinajstić information content (AvgIpc) is 1.61. The molecule has 8 aromatic heterocycles. The van der Waals surface area contributed by atoms with Gasteiger partial charge in [0.1, 0.15) is 42.0 Å². The Morgan fingerprint density at radius 1 is 0.333 bits per heavy atom. The quantitative estimate of drug-likeness (QED) is 0.156. The van der Waals surface area contributed by atoms with Crippen molar-refractivity contribution in [3.63, 3.8) is 0 Å². The first-order valence-electron chi connectivity index (χ1n) is 41.4. The molecule has 1 unspecified atom stereocenters. The highest BCUT2D eigenvalue weighted by atomic mass is 16.4. The monoisotopic (exact) mass is 1480 g/mol. The molecule has 0 saturated heterocycles. The Balaban J connectivity index is 0.000000110. The smallest absolute Gasteiger partial charge is 0.227 e. The van der Waals surface area contributed by atoms with Gasteiger partial charge in [0.25, 0.3) is 0 Å². The maximum Gasteiger partial charge on any atom is 0.227 e. The molecular formula is C93H99N13O5. The zero-order chi connectivity index (χ0) is 83.8. The van der Waals surface area contributed by atoms with Gasteiger partial charge in [-0.25, -0.2) is 9.97 Å². The van der Waals surface area contributed by atoms with Crippen LogP contribution in [0.1, 0.15) is 108 Å². The van der Waals surface area contributed by atoms with Crippen LogP contribution in [-0.4, -0.2) is 104 Å². The molecule has 5 aliphatic rings. The number of hydrogen-bond donors (Lipinski definition) is 0. The lowest BCUT2D eigenvalue weighted by atomic mass is 10.1. The van der Waals surface area contributed by atoms with E-state index in [1.807, 2.05) is 137 Å². The van der Waals surface area contributed by atoms with Crippen molar-refractivity contribution in [3.8, 4) is 0 Å². The predicted octanol–water partition coefficient (Wildman–Crippen LogP) is 22.5. The number of benzene rings is 7. The fourth-order valence-corrected chi connectivity index (χ4v) is 16.0. The standard InChI is InChI=1S/C20H22N2O.C19H20N2O.3C18H19N3O/c1-13(2)21-11-12-22(15(21)4)19-14(3)9-10-17-16-7-5-6-8-18(16)23-20(17)19;1-12-8-9-16-15-7-5-6-13(2)18(15)22-19(16)17(12)21-11-10-20(4)14(21)3;2*1-11-5-7-14-15-8-6-12(2)19-18(15)22-17(14)16(11)21-10-9-20(4)13(21)3;1-11-5-6-14-15-7-8-19-12(2)17(15)22-18(14)16(11)21-10-9-20(4)13(21)3/h5-13,15H,1-4H3;5-11,14H,1-4H3;3*5-10,13H,1-4H3/t15-;14-;3*13-/m00000/s1/i1D3,13D;;4D3;;/t13?,15-;;m;;. The summed E-state index contributed by atoms with van der Waals surface area (Å²) in [6.07, 6.45) is 21.6. The number of hydrogen-bond acceptors (Lipinski definition) is 18. The summed E-state index contributed by atoms with van der Waals surface area (Å²) in [6.45, 7) is 25.6. The molecule has 13 heterocycles. The Hall–Kier alpha value is -12.3. The van der Waals surface area contributed by atoms with Crippen LogP contribution in [0.15, 0.2) is 224 Å². The van der Waals surface area contributed by atoms with Crippen LogP contribution in [0.5, 0.6) is 0 Å². The molecule has 0 aliphatic carbocycles. The molecule has 20 rings (SSSR count). The Morgan fingerprint density at radius 3 is 1.14 bits per heavy atom. The average molecular weight is 1490 g/mol. The molecule has 18 heteroatoms. The van der Waals surface area contributed by atoms with Gasteiger partial charge in [-0.2, -0.15) is 0 Å². The van der Waals surface area contributed by atoms with Gasteiger partial charge < -0.3 is 71.1 Å². The molecule has 0 fully saturated rings. The molecule has 0 saturated carbocycles. The second kappa shape index (κ2) is 28.6. The van der Waals surface area contributed by atoms with Crippen molar-refractivity contribution in [2.75, 3.05) is 52.6 Å². The highest BCUT2D eigenvalue weighted by molar-refractivity contribution is 6.14. The van der Waals surface area contributed by atoms with Crippen LogP contribution in [0.3, 0.4) is 0 Å². The van der Waals surface area contributed by atoms with E-state index in [9.17, 15) is 0 Å². The molecule has 111 heavy (non-hydrogen) atoms. The Morgan fingerprint density at radius 2 is 0.694 bits per heavy atom. The van der Waals surface area contributed by atoms with Crippen LogP contribution < -0.4 is 24.5 Å². The van der Waals surface area contributed by atoms with Crippen molar-refractivity contribution in [3.05, 3.63) is 252 Å². The highest BCUT2D eigenvalue weighted by Crippen LogP contribution is 2.46. The van der Waals surface area contributed by atoms with E-state index < -0.39 is 19.8 Å². The lowest BCUT2D eigenvalue weighted by molar-refractivity contribution is 0.263. The summed E-state index contributed by atoms with van der Waals surface area (Å²) in [6, 6.07) is 43.8. The number of para-hydroxylation sites is 2. The molecule has 15 aromatic rings. The van der Waals surface area contributed by atoms with Crippen molar-refractivity contribution in [1.29, 1.82) is 0 Å². The number of aromatic nitrogens is 3. The van der Waals surface area contributed by atoms with E-state index in [1.54, 1.807) is 23.5 Å². The van der Waals surface area contributed by atoms with Crippen molar-refractivity contribution in [1.82, 2.24) is 39.5 Å². The number of rotatable bonds is 6. The van der Waals surface area contributed by atoms with E-state index in [0.717, 1.165) is 139 Å². The molecule has 0 spiro atoms. The van der Waals surface area contributed by atoms with Crippen LogP contribution in [0.2, 0.25) is 0 Å². The molecular weight excluding hydrogens is 1380 g/mol. The van der Waals surface area contributed by atoms with Crippen LogP contribution in [0, 0.1) is 62.3 Å². The third kappa shape index (κ3) is 12.6. The zero-order valence-electron chi connectivity index (χ0n) is 73.3. The lowest BCUT2D eigenvalue weighted by Gasteiger charge is -2.33. The van der Waals surface area contributed by atoms with Crippen LogP contribution >= 0.6 is 0 Å². The first kappa shape index (κ1) is 64.7. The van der Waals surface area contributed by atoms with Gasteiger partial charge in [0, 0.05) is 176 Å². The van der Waals surface area contributed by atoms with E-state index in [4.69, 9.17) is 31.7 Å². The van der Waals surface area contributed by atoms with Gasteiger partial charge in [-0.15, -0.1) is 0 Å². The second-order valence-electron chi connectivity index (χ2n) is 30.0. The Kier molecular flexibility index (Phi) is 16.7. The summed E-state index contributed by atoms with van der Waals surface area (Å²) in [5.41, 5.74) is 23.2. The summed E-state index contributed by atoms with van der Waals surface area (Å²) in [4.78, 5) is 33.6. The Bertz CT molecular complexity index is 6470. The molecule has 5 aliphatic heterocycles. The second-order valence-corrected chi connectivity index (χ2v) is 30.0. The van der Waals surface area contributed by atoms with E-state index in [1.165, 1.54) is 50.5 Å². The van der Waals surface area contributed by atoms with E-state index in [2.05, 4.69) is 218 Å². The first-order chi connectivity index (χ1) is 56.1. The van der Waals surface area contributed by atoms with Gasteiger partial charge in [0.15, 0.2) is 33.5 Å². The maximum atomic E-state index is 8.42. The molecule has 18 nitrogen and oxygen atoms in total. The van der Waals surface area contributed by atoms with Gasteiger partial charge in [-0.1, -0.05) is 97.1 Å². The van der Waals surface area contributed by atoms with Gasteiger partial charge >= 0.3 is 0 Å². The van der Waals surface area contributed by atoms with E-state index in [0.29, 0.717) is 17.6 Å². The first-order valence-corrected chi connectivity index (χ1v) is 37.9. The van der Waals surface area contributed by atoms with Crippen LogP contribution in [0.4, 0.5) is 28.4 Å². The normalized spacial score (nSPS) is 19.8.